The predicted molar refractivity (Wildman–Crippen MR) is 157 cm³/mol. The number of aliphatic hydroxyl groups excluding tert-OH is 1. The number of carbonyl (C=O) groups is 2. The highest BCUT2D eigenvalue weighted by Gasteiger charge is 2.68. The molecule has 3 rings (SSSR count). The van der Waals surface area contributed by atoms with E-state index in [0.717, 1.165) is 18.4 Å². The Kier molecular flexibility index (Phi) is 11.4. The third kappa shape index (κ3) is 8.09. The first-order valence-corrected chi connectivity index (χ1v) is 15.3. The molecule has 0 bridgehead atoms. The second kappa shape index (κ2) is 14.0. The summed E-state index contributed by atoms with van der Waals surface area (Å²) in [5, 5.41) is 22.1. The second-order valence-corrected chi connectivity index (χ2v) is 12.6. The quantitative estimate of drug-likeness (QED) is 0.152. The summed E-state index contributed by atoms with van der Waals surface area (Å²) in [5.74, 6) is -0.781. The molecule has 8 nitrogen and oxygen atoms in total. The van der Waals surface area contributed by atoms with Crippen LogP contribution in [0.25, 0.3) is 0 Å². The van der Waals surface area contributed by atoms with E-state index in [4.69, 9.17) is 18.9 Å². The number of ether oxygens (including phenoxy) is 4. The highest BCUT2D eigenvalue weighted by atomic mass is 16.6. The average Bonchev–Trinajstić information content (AvgIpc) is 3.82. The molecule has 2 aliphatic heterocycles. The predicted octanol–water partition coefficient (Wildman–Crippen LogP) is 5.07. The Labute approximate surface area is 246 Å². The molecule has 0 amide bonds. The minimum atomic E-state index is -1.12. The van der Waals surface area contributed by atoms with Gasteiger partial charge in [-0.25, -0.2) is 0 Å². The number of epoxide rings is 1. The zero-order valence-electron chi connectivity index (χ0n) is 26.2. The Morgan fingerprint density at radius 1 is 1.24 bits per heavy atom. The lowest BCUT2D eigenvalue weighted by Gasteiger charge is -2.27. The van der Waals surface area contributed by atoms with Crippen LogP contribution in [0.4, 0.5) is 0 Å². The molecule has 41 heavy (non-hydrogen) atoms. The third-order valence-electron chi connectivity index (χ3n) is 9.42. The molecule has 0 spiro atoms. The number of aliphatic hydroxyl groups is 2. The van der Waals surface area contributed by atoms with E-state index >= 15 is 0 Å². The molecule has 1 aliphatic carbocycles. The van der Waals surface area contributed by atoms with Crippen LogP contribution in [0.15, 0.2) is 36.0 Å². The van der Waals surface area contributed by atoms with Crippen LogP contribution in [0.2, 0.25) is 0 Å². The number of esters is 2. The smallest absolute Gasteiger partial charge is 0.306 e. The van der Waals surface area contributed by atoms with Crippen LogP contribution >= 0.6 is 0 Å². The molecular formula is C33H52O8. The van der Waals surface area contributed by atoms with Crippen LogP contribution < -0.4 is 0 Å². The summed E-state index contributed by atoms with van der Waals surface area (Å²) < 4.78 is 23.0. The summed E-state index contributed by atoms with van der Waals surface area (Å²) in [5.41, 5.74) is -1.30. The number of carbonyl (C=O) groups excluding carboxylic acids is 2. The van der Waals surface area contributed by atoms with Crippen LogP contribution in [0.1, 0.15) is 87.0 Å². The van der Waals surface area contributed by atoms with Gasteiger partial charge in [0.2, 0.25) is 0 Å². The van der Waals surface area contributed by atoms with Gasteiger partial charge in [-0.2, -0.15) is 0 Å². The fraction of sp³-hybridized carbons (Fsp3) is 0.758. The van der Waals surface area contributed by atoms with Gasteiger partial charge in [0.05, 0.1) is 18.3 Å². The first-order valence-electron chi connectivity index (χ1n) is 15.3. The largest absolute Gasteiger partial charge is 0.457 e. The Hall–Kier alpha value is -2.00. The number of rotatable bonds is 11. The van der Waals surface area contributed by atoms with Gasteiger partial charge >= 0.3 is 11.9 Å². The average molecular weight is 577 g/mol. The SMILES string of the molecule is CCC1CCC2(O)CC2(OC(C)=O)C=CC(C)C(C(C)=CC=CC(C)C(O)C2OC2C(C)C(CC)OC)OC(=O)C1. The molecule has 11 unspecified atom stereocenters. The maximum absolute atomic E-state index is 13.0. The molecule has 0 aromatic heterocycles. The molecule has 1 saturated carbocycles. The number of methoxy groups -OCH3 is 1. The van der Waals surface area contributed by atoms with Crippen molar-refractivity contribution in [1.82, 2.24) is 0 Å². The fourth-order valence-corrected chi connectivity index (χ4v) is 6.36. The molecule has 3 aliphatic rings. The van der Waals surface area contributed by atoms with Crippen molar-refractivity contribution in [2.24, 2.45) is 23.7 Å². The number of cyclic esters (lactones) is 1. The summed E-state index contributed by atoms with van der Waals surface area (Å²) in [6, 6.07) is 0. The molecule has 8 heteroatoms. The van der Waals surface area contributed by atoms with E-state index in [9.17, 15) is 19.8 Å². The van der Waals surface area contributed by atoms with E-state index < -0.39 is 29.4 Å². The van der Waals surface area contributed by atoms with Gasteiger partial charge in [-0.3, -0.25) is 9.59 Å². The fourth-order valence-electron chi connectivity index (χ4n) is 6.36. The normalized spacial score (nSPS) is 37.2. The van der Waals surface area contributed by atoms with Gasteiger partial charge < -0.3 is 29.2 Å². The topological polar surface area (TPSA) is 115 Å². The van der Waals surface area contributed by atoms with Crippen molar-refractivity contribution in [3.63, 3.8) is 0 Å². The number of hydrogen-bond acceptors (Lipinski definition) is 8. The van der Waals surface area contributed by atoms with Gasteiger partial charge in [-0.15, -0.1) is 0 Å². The summed E-state index contributed by atoms with van der Waals surface area (Å²) in [6.45, 7) is 13.4. The number of hydrogen-bond donors (Lipinski definition) is 2. The molecule has 1 saturated heterocycles. The Morgan fingerprint density at radius 2 is 1.95 bits per heavy atom. The van der Waals surface area contributed by atoms with Crippen LogP contribution in [0, 0.1) is 23.7 Å². The lowest BCUT2D eigenvalue weighted by Crippen LogP contribution is -2.32. The Bertz CT molecular complexity index is 999. The van der Waals surface area contributed by atoms with Gasteiger partial charge in [0.1, 0.15) is 17.8 Å². The van der Waals surface area contributed by atoms with Crippen LogP contribution in [0.5, 0.6) is 0 Å². The van der Waals surface area contributed by atoms with Crippen LogP contribution in [0.3, 0.4) is 0 Å². The highest BCUT2D eigenvalue weighted by Crippen LogP contribution is 2.56. The van der Waals surface area contributed by atoms with E-state index in [1.165, 1.54) is 6.92 Å². The molecule has 11 atom stereocenters. The minimum Gasteiger partial charge on any atom is -0.457 e. The molecule has 0 aromatic carbocycles. The zero-order valence-corrected chi connectivity index (χ0v) is 26.2. The first-order chi connectivity index (χ1) is 19.3. The summed E-state index contributed by atoms with van der Waals surface area (Å²) in [7, 11) is 1.71. The first kappa shape index (κ1) is 33.5. The molecule has 2 N–H and O–H groups in total. The van der Waals surface area contributed by atoms with Gasteiger partial charge in [0, 0.05) is 44.6 Å². The van der Waals surface area contributed by atoms with E-state index in [0.29, 0.717) is 19.3 Å². The molecular weight excluding hydrogens is 524 g/mol. The second-order valence-electron chi connectivity index (χ2n) is 12.6. The van der Waals surface area contributed by atoms with Crippen LogP contribution in [-0.2, 0) is 28.5 Å². The molecule has 2 heterocycles. The van der Waals surface area contributed by atoms with Crippen molar-refractivity contribution in [1.29, 1.82) is 0 Å². The minimum absolute atomic E-state index is 0.0161. The third-order valence-corrected chi connectivity index (χ3v) is 9.42. The van der Waals surface area contributed by atoms with E-state index in [1.807, 2.05) is 52.0 Å². The summed E-state index contributed by atoms with van der Waals surface area (Å²) in [6.07, 6.45) is 11.5. The van der Waals surface area contributed by atoms with E-state index in [1.54, 1.807) is 13.2 Å². The summed E-state index contributed by atoms with van der Waals surface area (Å²) >= 11 is 0. The lowest BCUT2D eigenvalue weighted by molar-refractivity contribution is -0.150. The maximum Gasteiger partial charge on any atom is 0.306 e. The lowest BCUT2D eigenvalue weighted by atomic mass is 9.91. The molecule has 0 aromatic rings. The van der Waals surface area contributed by atoms with Gasteiger partial charge in [-0.1, -0.05) is 65.3 Å². The number of fused-ring (bicyclic) bond motifs is 1. The molecule has 0 radical (unpaired) electrons. The van der Waals surface area contributed by atoms with Crippen molar-refractivity contribution < 1.29 is 38.7 Å². The van der Waals surface area contributed by atoms with E-state index in [2.05, 4.69) is 13.8 Å². The van der Waals surface area contributed by atoms with Crippen LogP contribution in [-0.4, -0.2) is 71.0 Å². The van der Waals surface area contributed by atoms with Crippen molar-refractivity contribution in [3.05, 3.63) is 36.0 Å². The van der Waals surface area contributed by atoms with Crippen molar-refractivity contribution in [3.8, 4) is 0 Å². The van der Waals surface area contributed by atoms with Crippen molar-refractivity contribution in [2.75, 3.05) is 7.11 Å². The Morgan fingerprint density at radius 3 is 2.56 bits per heavy atom. The van der Waals surface area contributed by atoms with Gasteiger partial charge in [-0.05, 0) is 43.8 Å². The standard InChI is InChI=1S/C33H52O8/c1-9-25-15-16-32(37)19-33(32,41-24(7)34)17-14-22(5)29(39-27(35)18-25)21(4)13-11-12-20(3)28(36)31-30(40-31)23(6)26(10-2)38-8/h11-14,17,20,22-23,25-26,28-31,36-37H,9-10,15-16,18-19H2,1-8H3. The highest BCUT2D eigenvalue weighted by molar-refractivity contribution is 5.70. The van der Waals surface area contributed by atoms with Crippen molar-refractivity contribution >= 4 is 11.9 Å². The number of allylic oxidation sites excluding steroid dienone is 2. The van der Waals surface area contributed by atoms with Gasteiger partial charge in [0.15, 0.2) is 5.60 Å². The molecule has 2 fully saturated rings. The maximum atomic E-state index is 13.0. The summed E-state index contributed by atoms with van der Waals surface area (Å²) in [4.78, 5) is 24.8. The van der Waals surface area contributed by atoms with Gasteiger partial charge in [0.25, 0.3) is 0 Å². The molecule has 232 valence electrons. The van der Waals surface area contributed by atoms with Crippen molar-refractivity contribution in [2.45, 2.75) is 129 Å². The monoisotopic (exact) mass is 576 g/mol. The zero-order chi connectivity index (χ0) is 30.5. The Balaban J connectivity index is 1.73. The van der Waals surface area contributed by atoms with E-state index in [-0.39, 0.29) is 54.4 Å².